The Morgan fingerprint density at radius 3 is 2.78 bits per heavy atom. The Bertz CT molecular complexity index is 557. The Morgan fingerprint density at radius 2 is 2.06 bits per heavy atom. The molecule has 2 aromatic rings. The van der Waals surface area contributed by atoms with Crippen LogP contribution in [0.15, 0.2) is 36.4 Å². The molecule has 0 aliphatic heterocycles. The first-order valence-electron chi connectivity index (χ1n) is 5.75. The fourth-order valence-corrected chi connectivity index (χ4v) is 1.97. The van der Waals surface area contributed by atoms with Gasteiger partial charge in [-0.25, -0.2) is 4.98 Å². The topological polar surface area (TPSA) is 45.1 Å². The van der Waals surface area contributed by atoms with Gasteiger partial charge in [0.05, 0.1) is 6.04 Å². The quantitative estimate of drug-likeness (QED) is 0.824. The van der Waals surface area contributed by atoms with Crippen LogP contribution in [0.1, 0.15) is 24.1 Å². The van der Waals surface area contributed by atoms with E-state index in [-0.39, 0.29) is 11.8 Å². The van der Waals surface area contributed by atoms with Gasteiger partial charge in [-0.1, -0.05) is 35.4 Å². The van der Waals surface area contributed by atoms with Gasteiger partial charge < -0.3 is 10.4 Å². The average molecular weight is 263 g/mol. The standard InChI is InChI=1S/C14H15ClN2O/c1-9-6-7-12(18)11(8-9)10(2)16-14-5-3-4-13(15)17-14/h3-8,10,18H,1-2H3,(H,16,17). The number of nitrogens with one attached hydrogen (secondary N) is 1. The van der Waals surface area contributed by atoms with Crippen molar-refractivity contribution in [2.45, 2.75) is 19.9 Å². The number of hydrogen-bond donors (Lipinski definition) is 2. The van der Waals surface area contributed by atoms with Crippen LogP contribution in [0.3, 0.4) is 0 Å². The molecule has 2 rings (SSSR count). The van der Waals surface area contributed by atoms with Gasteiger partial charge in [0, 0.05) is 5.56 Å². The molecule has 94 valence electrons. The Morgan fingerprint density at radius 1 is 1.28 bits per heavy atom. The van der Waals surface area contributed by atoms with Gasteiger partial charge in [0.15, 0.2) is 0 Å². The molecule has 18 heavy (non-hydrogen) atoms. The summed E-state index contributed by atoms with van der Waals surface area (Å²) in [5.41, 5.74) is 1.95. The molecule has 3 nitrogen and oxygen atoms in total. The number of benzene rings is 1. The number of aromatic nitrogens is 1. The van der Waals surface area contributed by atoms with E-state index in [1.165, 1.54) is 0 Å². The number of aryl methyl sites for hydroxylation is 1. The van der Waals surface area contributed by atoms with E-state index in [1.807, 2.05) is 38.1 Å². The summed E-state index contributed by atoms with van der Waals surface area (Å²) < 4.78 is 0. The molecule has 0 amide bonds. The van der Waals surface area contributed by atoms with E-state index in [2.05, 4.69) is 10.3 Å². The second-order valence-corrected chi connectivity index (χ2v) is 4.66. The second-order valence-electron chi connectivity index (χ2n) is 4.27. The molecule has 0 aliphatic carbocycles. The van der Waals surface area contributed by atoms with Crippen molar-refractivity contribution in [2.75, 3.05) is 5.32 Å². The highest BCUT2D eigenvalue weighted by Crippen LogP contribution is 2.27. The van der Waals surface area contributed by atoms with Crippen LogP contribution in [0.2, 0.25) is 5.15 Å². The second kappa shape index (κ2) is 5.27. The summed E-state index contributed by atoms with van der Waals surface area (Å²) >= 11 is 5.83. The van der Waals surface area contributed by atoms with Gasteiger partial charge in [0.25, 0.3) is 0 Å². The molecule has 1 heterocycles. The fourth-order valence-electron chi connectivity index (χ4n) is 1.81. The number of anilines is 1. The SMILES string of the molecule is Cc1ccc(O)c(C(C)Nc2cccc(Cl)n2)c1. The van der Waals surface area contributed by atoms with Gasteiger partial charge in [-0.05, 0) is 32.0 Å². The molecule has 4 heteroatoms. The molecular formula is C14H15ClN2O. The fraction of sp³-hybridized carbons (Fsp3) is 0.214. The van der Waals surface area contributed by atoms with Crippen molar-refractivity contribution in [1.82, 2.24) is 4.98 Å². The molecule has 0 saturated carbocycles. The normalized spacial score (nSPS) is 12.2. The lowest BCUT2D eigenvalue weighted by Gasteiger charge is -2.16. The maximum Gasteiger partial charge on any atom is 0.131 e. The first-order valence-corrected chi connectivity index (χ1v) is 6.12. The average Bonchev–Trinajstić information content (AvgIpc) is 2.32. The smallest absolute Gasteiger partial charge is 0.131 e. The third-order valence-electron chi connectivity index (χ3n) is 2.73. The molecule has 0 saturated heterocycles. The maximum atomic E-state index is 9.85. The minimum Gasteiger partial charge on any atom is -0.508 e. The number of phenols is 1. The summed E-state index contributed by atoms with van der Waals surface area (Å²) in [5, 5.41) is 13.5. The van der Waals surface area contributed by atoms with Gasteiger partial charge in [-0.15, -0.1) is 0 Å². The lowest BCUT2D eigenvalue weighted by Crippen LogP contribution is -2.08. The van der Waals surface area contributed by atoms with Gasteiger partial charge >= 0.3 is 0 Å². The number of phenolic OH excluding ortho intramolecular Hbond substituents is 1. The Balaban J connectivity index is 2.21. The Hall–Kier alpha value is -1.74. The number of halogens is 1. The lowest BCUT2D eigenvalue weighted by molar-refractivity contribution is 0.465. The molecule has 0 fully saturated rings. The molecular weight excluding hydrogens is 248 g/mol. The molecule has 1 aromatic carbocycles. The van der Waals surface area contributed by atoms with Crippen LogP contribution >= 0.6 is 11.6 Å². The van der Waals surface area contributed by atoms with Crippen LogP contribution < -0.4 is 5.32 Å². The summed E-state index contributed by atoms with van der Waals surface area (Å²) in [5.74, 6) is 0.971. The molecule has 0 aliphatic rings. The van der Waals surface area contributed by atoms with Crippen molar-refractivity contribution >= 4 is 17.4 Å². The largest absolute Gasteiger partial charge is 0.508 e. The zero-order valence-electron chi connectivity index (χ0n) is 10.3. The molecule has 2 N–H and O–H groups in total. The van der Waals surface area contributed by atoms with Crippen LogP contribution in [-0.2, 0) is 0 Å². The molecule has 0 radical (unpaired) electrons. The third kappa shape index (κ3) is 2.93. The predicted molar refractivity (Wildman–Crippen MR) is 74.1 cm³/mol. The molecule has 1 aromatic heterocycles. The van der Waals surface area contributed by atoms with E-state index in [9.17, 15) is 5.11 Å². The van der Waals surface area contributed by atoms with Crippen molar-refractivity contribution in [3.8, 4) is 5.75 Å². The lowest BCUT2D eigenvalue weighted by atomic mass is 10.0. The Labute approximate surface area is 111 Å². The highest BCUT2D eigenvalue weighted by Gasteiger charge is 2.11. The number of pyridine rings is 1. The van der Waals surface area contributed by atoms with Crippen molar-refractivity contribution in [2.24, 2.45) is 0 Å². The third-order valence-corrected chi connectivity index (χ3v) is 2.94. The van der Waals surface area contributed by atoms with Crippen LogP contribution in [0.25, 0.3) is 0 Å². The summed E-state index contributed by atoms with van der Waals surface area (Å²) in [4.78, 5) is 4.16. The van der Waals surface area contributed by atoms with Gasteiger partial charge in [-0.3, -0.25) is 0 Å². The summed E-state index contributed by atoms with van der Waals surface area (Å²) in [6, 6.07) is 10.9. The Kier molecular flexibility index (Phi) is 3.72. The molecule has 0 spiro atoms. The van der Waals surface area contributed by atoms with Crippen molar-refractivity contribution < 1.29 is 5.11 Å². The van der Waals surface area contributed by atoms with E-state index in [1.54, 1.807) is 12.1 Å². The van der Waals surface area contributed by atoms with E-state index in [0.29, 0.717) is 11.0 Å². The van der Waals surface area contributed by atoms with Crippen molar-refractivity contribution in [3.05, 3.63) is 52.7 Å². The molecule has 0 bridgehead atoms. The minimum absolute atomic E-state index is 0.0455. The van der Waals surface area contributed by atoms with Crippen LogP contribution in [0.4, 0.5) is 5.82 Å². The monoisotopic (exact) mass is 262 g/mol. The molecule has 1 unspecified atom stereocenters. The van der Waals surface area contributed by atoms with Crippen LogP contribution in [0, 0.1) is 6.92 Å². The van der Waals surface area contributed by atoms with Crippen molar-refractivity contribution in [1.29, 1.82) is 0 Å². The maximum absolute atomic E-state index is 9.85. The first kappa shape index (κ1) is 12.7. The number of nitrogens with zero attached hydrogens (tertiary/aromatic N) is 1. The predicted octanol–water partition coefficient (Wildman–Crippen LogP) is 3.92. The number of rotatable bonds is 3. The zero-order valence-corrected chi connectivity index (χ0v) is 11.1. The highest BCUT2D eigenvalue weighted by molar-refractivity contribution is 6.29. The van der Waals surface area contributed by atoms with E-state index < -0.39 is 0 Å². The van der Waals surface area contributed by atoms with Gasteiger partial charge in [0.1, 0.15) is 16.7 Å². The molecule has 1 atom stereocenters. The summed E-state index contributed by atoms with van der Waals surface area (Å²) in [7, 11) is 0. The van der Waals surface area contributed by atoms with E-state index in [0.717, 1.165) is 11.1 Å². The van der Waals surface area contributed by atoms with Crippen LogP contribution in [0.5, 0.6) is 5.75 Å². The summed E-state index contributed by atoms with van der Waals surface area (Å²) in [6.45, 7) is 3.96. The van der Waals surface area contributed by atoms with E-state index in [4.69, 9.17) is 11.6 Å². The van der Waals surface area contributed by atoms with Gasteiger partial charge in [0.2, 0.25) is 0 Å². The highest BCUT2D eigenvalue weighted by atomic mass is 35.5. The van der Waals surface area contributed by atoms with E-state index >= 15 is 0 Å². The first-order chi connectivity index (χ1) is 8.56. The number of aromatic hydroxyl groups is 1. The number of hydrogen-bond acceptors (Lipinski definition) is 3. The summed E-state index contributed by atoms with van der Waals surface area (Å²) in [6.07, 6.45) is 0. The van der Waals surface area contributed by atoms with Gasteiger partial charge in [-0.2, -0.15) is 0 Å². The van der Waals surface area contributed by atoms with Crippen LogP contribution in [-0.4, -0.2) is 10.1 Å². The zero-order chi connectivity index (χ0) is 13.1. The van der Waals surface area contributed by atoms with Crippen molar-refractivity contribution in [3.63, 3.8) is 0 Å². The minimum atomic E-state index is -0.0455.